The SMILES string of the molecule is COc1ccc2c(c1)CCCN2C(=O)c1ccc(Cl)c(S(=O)(=O)N2C[C@H](C)O[C@@H](C)C2)c1. The normalized spacial score (nSPS) is 21.8. The summed E-state index contributed by atoms with van der Waals surface area (Å²) in [6.45, 7) is 4.71. The summed E-state index contributed by atoms with van der Waals surface area (Å²) in [5.41, 5.74) is 2.13. The monoisotopic (exact) mass is 478 g/mol. The summed E-state index contributed by atoms with van der Waals surface area (Å²) in [6.07, 6.45) is 1.22. The molecule has 0 unspecified atom stereocenters. The number of ether oxygens (including phenoxy) is 2. The van der Waals surface area contributed by atoms with Gasteiger partial charge in [-0.05, 0) is 68.7 Å². The number of amides is 1. The molecule has 9 heteroatoms. The quantitative estimate of drug-likeness (QED) is 0.669. The molecule has 0 bridgehead atoms. The number of morpholine rings is 1. The fourth-order valence-corrected chi connectivity index (χ4v) is 6.46. The highest BCUT2D eigenvalue weighted by Crippen LogP contribution is 2.33. The van der Waals surface area contributed by atoms with Gasteiger partial charge in [-0.2, -0.15) is 4.31 Å². The van der Waals surface area contributed by atoms with Crippen LogP contribution in [0.2, 0.25) is 5.02 Å². The Labute approximate surface area is 193 Å². The van der Waals surface area contributed by atoms with Gasteiger partial charge in [0, 0.05) is 30.9 Å². The molecule has 7 nitrogen and oxygen atoms in total. The van der Waals surface area contributed by atoms with Crippen LogP contribution in [-0.4, -0.2) is 57.6 Å². The zero-order valence-corrected chi connectivity index (χ0v) is 19.9. The Hall–Kier alpha value is -2.13. The molecular weight excluding hydrogens is 452 g/mol. The highest BCUT2D eigenvalue weighted by atomic mass is 35.5. The van der Waals surface area contributed by atoms with Crippen LogP contribution in [0.3, 0.4) is 0 Å². The number of carbonyl (C=O) groups is 1. The number of halogens is 1. The fourth-order valence-electron chi connectivity index (χ4n) is 4.37. The van der Waals surface area contributed by atoms with Crippen molar-refractivity contribution >= 4 is 33.2 Å². The van der Waals surface area contributed by atoms with E-state index in [2.05, 4.69) is 0 Å². The van der Waals surface area contributed by atoms with Gasteiger partial charge in [-0.15, -0.1) is 0 Å². The molecule has 0 radical (unpaired) electrons. The topological polar surface area (TPSA) is 76.2 Å². The number of hydrogen-bond acceptors (Lipinski definition) is 5. The van der Waals surface area contributed by atoms with Gasteiger partial charge in [-0.25, -0.2) is 8.42 Å². The van der Waals surface area contributed by atoms with Crippen LogP contribution in [0, 0.1) is 0 Å². The van der Waals surface area contributed by atoms with Gasteiger partial charge in [0.25, 0.3) is 5.91 Å². The van der Waals surface area contributed by atoms with Crippen LogP contribution < -0.4 is 9.64 Å². The number of nitrogens with zero attached hydrogens (tertiary/aromatic N) is 2. The number of benzene rings is 2. The molecule has 1 fully saturated rings. The molecule has 4 rings (SSSR count). The Balaban J connectivity index is 1.67. The lowest BCUT2D eigenvalue weighted by Crippen LogP contribution is -2.48. The van der Waals surface area contributed by atoms with E-state index in [0.717, 1.165) is 29.8 Å². The van der Waals surface area contributed by atoms with Crippen molar-refractivity contribution in [3.05, 3.63) is 52.5 Å². The van der Waals surface area contributed by atoms with E-state index in [1.165, 1.54) is 16.4 Å². The molecule has 1 saturated heterocycles. The molecule has 2 aromatic carbocycles. The Morgan fingerprint density at radius 1 is 1.12 bits per heavy atom. The van der Waals surface area contributed by atoms with E-state index in [1.807, 2.05) is 32.0 Å². The first-order valence-electron chi connectivity index (χ1n) is 10.6. The van der Waals surface area contributed by atoms with Crippen molar-refractivity contribution in [2.45, 2.75) is 43.8 Å². The summed E-state index contributed by atoms with van der Waals surface area (Å²) in [7, 11) is -2.27. The summed E-state index contributed by atoms with van der Waals surface area (Å²) >= 11 is 6.30. The van der Waals surface area contributed by atoms with E-state index in [-0.39, 0.29) is 46.7 Å². The number of methoxy groups -OCH3 is 1. The molecule has 172 valence electrons. The highest BCUT2D eigenvalue weighted by molar-refractivity contribution is 7.89. The van der Waals surface area contributed by atoms with Crippen LogP contribution in [0.25, 0.3) is 0 Å². The van der Waals surface area contributed by atoms with Gasteiger partial charge in [-0.3, -0.25) is 4.79 Å². The van der Waals surface area contributed by atoms with E-state index in [1.54, 1.807) is 18.1 Å². The van der Waals surface area contributed by atoms with E-state index < -0.39 is 10.0 Å². The molecule has 2 heterocycles. The third-order valence-corrected chi connectivity index (χ3v) is 8.15. The number of anilines is 1. The summed E-state index contributed by atoms with van der Waals surface area (Å²) < 4.78 is 39.1. The first-order valence-corrected chi connectivity index (χ1v) is 12.5. The molecule has 2 aliphatic rings. The van der Waals surface area contributed by atoms with Crippen molar-refractivity contribution in [2.24, 2.45) is 0 Å². The maximum Gasteiger partial charge on any atom is 0.258 e. The zero-order valence-electron chi connectivity index (χ0n) is 18.4. The lowest BCUT2D eigenvalue weighted by Gasteiger charge is -2.34. The van der Waals surface area contributed by atoms with E-state index in [4.69, 9.17) is 21.1 Å². The molecular formula is C23H27ClN2O5S. The third kappa shape index (κ3) is 4.37. The van der Waals surface area contributed by atoms with Crippen LogP contribution in [0.5, 0.6) is 5.75 Å². The molecule has 0 aromatic heterocycles. The molecule has 2 atom stereocenters. The van der Waals surface area contributed by atoms with Crippen LogP contribution in [-0.2, 0) is 21.2 Å². The van der Waals surface area contributed by atoms with Crippen molar-refractivity contribution in [2.75, 3.05) is 31.6 Å². The Kier molecular flexibility index (Phi) is 6.49. The van der Waals surface area contributed by atoms with Gasteiger partial charge in [0.1, 0.15) is 10.6 Å². The average Bonchev–Trinajstić information content (AvgIpc) is 2.77. The number of hydrogen-bond donors (Lipinski definition) is 0. The second-order valence-electron chi connectivity index (χ2n) is 8.28. The second-order valence-corrected chi connectivity index (χ2v) is 10.6. The number of aryl methyl sites for hydroxylation is 1. The van der Waals surface area contributed by atoms with Gasteiger partial charge < -0.3 is 14.4 Å². The van der Waals surface area contributed by atoms with Crippen LogP contribution in [0.1, 0.15) is 36.2 Å². The Morgan fingerprint density at radius 2 is 1.84 bits per heavy atom. The van der Waals surface area contributed by atoms with Crippen molar-refractivity contribution in [3.8, 4) is 5.75 Å². The molecule has 1 amide bonds. The summed E-state index contributed by atoms with van der Waals surface area (Å²) in [5, 5.41) is 0.0946. The second kappa shape index (κ2) is 9.02. The summed E-state index contributed by atoms with van der Waals surface area (Å²) in [6, 6.07) is 10.1. The minimum atomic E-state index is -3.88. The minimum Gasteiger partial charge on any atom is -0.497 e. The van der Waals surface area contributed by atoms with Crippen molar-refractivity contribution in [1.29, 1.82) is 0 Å². The predicted octanol–water partition coefficient (Wildman–Crippen LogP) is 3.74. The summed E-state index contributed by atoms with van der Waals surface area (Å²) in [4.78, 5) is 15.0. The maximum absolute atomic E-state index is 13.4. The largest absolute Gasteiger partial charge is 0.497 e. The predicted molar refractivity (Wildman–Crippen MR) is 123 cm³/mol. The lowest BCUT2D eigenvalue weighted by molar-refractivity contribution is -0.0440. The van der Waals surface area contributed by atoms with Gasteiger partial charge in [0.05, 0.1) is 24.3 Å². The van der Waals surface area contributed by atoms with Crippen molar-refractivity contribution in [3.63, 3.8) is 0 Å². The number of sulfonamides is 1. The zero-order chi connectivity index (χ0) is 23.0. The fraction of sp³-hybridized carbons (Fsp3) is 0.435. The van der Waals surface area contributed by atoms with Crippen LogP contribution in [0.4, 0.5) is 5.69 Å². The van der Waals surface area contributed by atoms with Gasteiger partial charge in [-0.1, -0.05) is 11.6 Å². The van der Waals surface area contributed by atoms with Gasteiger partial charge >= 0.3 is 0 Å². The Bertz CT molecular complexity index is 1130. The first kappa shape index (κ1) is 23.0. The highest BCUT2D eigenvalue weighted by Gasteiger charge is 2.34. The molecule has 2 aromatic rings. The minimum absolute atomic E-state index is 0.0571. The average molecular weight is 479 g/mol. The molecule has 2 aliphatic heterocycles. The molecule has 0 aliphatic carbocycles. The third-order valence-electron chi connectivity index (χ3n) is 5.83. The van der Waals surface area contributed by atoms with Crippen molar-refractivity contribution in [1.82, 2.24) is 4.31 Å². The first-order chi connectivity index (χ1) is 15.2. The number of rotatable bonds is 4. The standard InChI is InChI=1S/C23H27ClN2O5S/c1-15-13-25(14-16(2)31-15)32(28,29)22-12-18(6-8-20(22)24)23(27)26-10-4-5-17-11-19(30-3)7-9-21(17)26/h6-9,11-12,15-16H,4-5,10,13-14H2,1-3H3/t15-,16-/m0/s1. The molecule has 0 saturated carbocycles. The number of fused-ring (bicyclic) bond motifs is 1. The van der Waals surface area contributed by atoms with Crippen LogP contribution in [0.15, 0.2) is 41.3 Å². The van der Waals surface area contributed by atoms with Crippen LogP contribution >= 0.6 is 11.6 Å². The maximum atomic E-state index is 13.4. The van der Waals surface area contributed by atoms with Gasteiger partial charge in [0.15, 0.2) is 0 Å². The van der Waals surface area contributed by atoms with Gasteiger partial charge in [0.2, 0.25) is 10.0 Å². The van der Waals surface area contributed by atoms with Crippen molar-refractivity contribution < 1.29 is 22.7 Å². The molecule has 0 N–H and O–H groups in total. The smallest absolute Gasteiger partial charge is 0.258 e. The molecule has 32 heavy (non-hydrogen) atoms. The van der Waals surface area contributed by atoms with E-state index in [0.29, 0.717) is 6.54 Å². The number of carbonyl (C=O) groups excluding carboxylic acids is 1. The molecule has 0 spiro atoms. The lowest BCUT2D eigenvalue weighted by atomic mass is 10.0. The Morgan fingerprint density at radius 3 is 2.53 bits per heavy atom. The van der Waals surface area contributed by atoms with E-state index >= 15 is 0 Å². The van der Waals surface area contributed by atoms with E-state index in [9.17, 15) is 13.2 Å². The summed E-state index contributed by atoms with van der Waals surface area (Å²) in [5.74, 6) is 0.486.